The van der Waals surface area contributed by atoms with E-state index in [-0.39, 0.29) is 5.91 Å². The molecule has 5 rings (SSSR count). The molecule has 4 aromatic carbocycles. The number of aromatic nitrogens is 2. The monoisotopic (exact) mass is 501 g/mol. The van der Waals surface area contributed by atoms with Gasteiger partial charge in [-0.15, -0.1) is 0 Å². The van der Waals surface area contributed by atoms with E-state index in [1.54, 1.807) is 25.1 Å². The van der Waals surface area contributed by atoms with Crippen molar-refractivity contribution in [1.29, 1.82) is 0 Å². The summed E-state index contributed by atoms with van der Waals surface area (Å²) >= 11 is 0. The fourth-order valence-electron chi connectivity index (χ4n) is 4.16. The lowest BCUT2D eigenvalue weighted by atomic mass is 10.0. The maximum Gasteiger partial charge on any atom is 0.338 e. The summed E-state index contributed by atoms with van der Waals surface area (Å²) < 4.78 is 5.60. The van der Waals surface area contributed by atoms with E-state index in [0.29, 0.717) is 28.7 Å². The molecule has 0 fully saturated rings. The number of rotatable bonds is 7. The smallest absolute Gasteiger partial charge is 0.338 e. The molecule has 1 atom stereocenters. The Hall–Kier alpha value is -4.84. The first-order valence-corrected chi connectivity index (χ1v) is 12.5. The van der Waals surface area contributed by atoms with E-state index in [0.717, 1.165) is 28.1 Å². The first kappa shape index (κ1) is 24.8. The van der Waals surface area contributed by atoms with Gasteiger partial charge in [-0.2, -0.15) is 0 Å². The summed E-state index contributed by atoms with van der Waals surface area (Å²) in [6.07, 6.45) is -0.582. The van der Waals surface area contributed by atoms with Crippen molar-refractivity contribution in [2.45, 2.75) is 26.4 Å². The number of nitrogens with one attached hydrogen (secondary N) is 1. The van der Waals surface area contributed by atoms with Crippen molar-refractivity contribution >= 4 is 28.6 Å². The van der Waals surface area contributed by atoms with Crippen molar-refractivity contribution in [3.8, 4) is 22.5 Å². The van der Waals surface area contributed by atoms with Crippen molar-refractivity contribution in [3.63, 3.8) is 0 Å². The van der Waals surface area contributed by atoms with Crippen LogP contribution in [-0.4, -0.2) is 27.9 Å². The van der Waals surface area contributed by atoms with Crippen molar-refractivity contribution in [3.05, 3.63) is 114 Å². The van der Waals surface area contributed by atoms with Gasteiger partial charge < -0.3 is 10.1 Å². The van der Waals surface area contributed by atoms with Gasteiger partial charge in [-0.05, 0) is 43.7 Å². The Morgan fingerprint density at radius 1 is 0.763 bits per heavy atom. The highest BCUT2D eigenvalue weighted by molar-refractivity contribution is 5.99. The minimum Gasteiger partial charge on any atom is -0.449 e. The molecule has 38 heavy (non-hydrogen) atoms. The van der Waals surface area contributed by atoms with Gasteiger partial charge in [0, 0.05) is 16.8 Å². The molecule has 1 amide bonds. The van der Waals surface area contributed by atoms with Crippen LogP contribution in [0.5, 0.6) is 0 Å². The Kier molecular flexibility index (Phi) is 7.22. The molecule has 0 spiro atoms. The van der Waals surface area contributed by atoms with E-state index in [2.05, 4.69) is 5.32 Å². The molecular formula is C32H27N3O3. The van der Waals surface area contributed by atoms with Crippen LogP contribution in [0, 0.1) is 6.92 Å². The summed E-state index contributed by atoms with van der Waals surface area (Å²) in [6.45, 7) is 3.78. The van der Waals surface area contributed by atoms with Gasteiger partial charge in [-0.3, -0.25) is 4.79 Å². The third-order valence-electron chi connectivity index (χ3n) is 6.23. The predicted octanol–water partition coefficient (Wildman–Crippen LogP) is 6.85. The molecule has 188 valence electrons. The largest absolute Gasteiger partial charge is 0.449 e. The van der Waals surface area contributed by atoms with Crippen LogP contribution in [0.15, 0.2) is 103 Å². The van der Waals surface area contributed by atoms with Crippen LogP contribution in [0.1, 0.15) is 29.3 Å². The quantitative estimate of drug-likeness (QED) is 0.247. The number of fused-ring (bicyclic) bond motifs is 1. The third-order valence-corrected chi connectivity index (χ3v) is 6.23. The van der Waals surface area contributed by atoms with Gasteiger partial charge in [0.25, 0.3) is 5.91 Å². The van der Waals surface area contributed by atoms with Crippen molar-refractivity contribution in [2.24, 2.45) is 0 Å². The number of esters is 1. The zero-order valence-corrected chi connectivity index (χ0v) is 21.2. The lowest BCUT2D eigenvalue weighted by molar-refractivity contribution is -0.124. The van der Waals surface area contributed by atoms with Crippen molar-refractivity contribution in [1.82, 2.24) is 9.97 Å². The summed E-state index contributed by atoms with van der Waals surface area (Å²) in [7, 11) is 0. The highest BCUT2D eigenvalue weighted by Gasteiger charge is 2.23. The summed E-state index contributed by atoms with van der Waals surface area (Å²) in [6, 6.07) is 32.3. The van der Waals surface area contributed by atoms with E-state index < -0.39 is 12.1 Å². The molecule has 1 aromatic heterocycles. The van der Waals surface area contributed by atoms with Crippen LogP contribution in [0.25, 0.3) is 33.5 Å². The first-order valence-electron chi connectivity index (χ1n) is 12.5. The number of benzene rings is 4. The van der Waals surface area contributed by atoms with Gasteiger partial charge in [0.15, 0.2) is 6.10 Å². The van der Waals surface area contributed by atoms with E-state index in [1.165, 1.54) is 0 Å². The highest BCUT2D eigenvalue weighted by Crippen LogP contribution is 2.31. The van der Waals surface area contributed by atoms with Gasteiger partial charge in [-0.25, -0.2) is 14.8 Å². The van der Waals surface area contributed by atoms with Crippen LogP contribution in [-0.2, 0) is 9.53 Å². The Bertz CT molecular complexity index is 1580. The molecule has 0 aliphatic carbocycles. The van der Waals surface area contributed by atoms with Gasteiger partial charge in [0.05, 0.1) is 28.0 Å². The van der Waals surface area contributed by atoms with Crippen LogP contribution >= 0.6 is 0 Å². The first-order chi connectivity index (χ1) is 18.5. The fourth-order valence-corrected chi connectivity index (χ4v) is 4.16. The molecule has 6 heteroatoms. The number of carbonyl (C=O) groups is 2. The maximum absolute atomic E-state index is 13.1. The van der Waals surface area contributed by atoms with Gasteiger partial charge >= 0.3 is 5.97 Å². The number of amides is 1. The van der Waals surface area contributed by atoms with Crippen molar-refractivity contribution in [2.75, 3.05) is 5.32 Å². The molecule has 1 unspecified atom stereocenters. The summed E-state index contributed by atoms with van der Waals surface area (Å²) in [5, 5.41) is 2.82. The Morgan fingerprint density at radius 3 is 1.92 bits per heavy atom. The summed E-state index contributed by atoms with van der Waals surface area (Å²) in [5.41, 5.74) is 6.63. The van der Waals surface area contributed by atoms with Gasteiger partial charge in [0.1, 0.15) is 0 Å². The van der Waals surface area contributed by atoms with Crippen LogP contribution in [0.2, 0.25) is 0 Å². The molecule has 1 N–H and O–H groups in total. The zero-order valence-electron chi connectivity index (χ0n) is 21.2. The minimum atomic E-state index is -0.925. The number of anilines is 1. The Balaban J connectivity index is 1.44. The number of hydrogen-bond acceptors (Lipinski definition) is 5. The average Bonchev–Trinajstić information content (AvgIpc) is 2.96. The maximum atomic E-state index is 13.1. The molecule has 0 saturated carbocycles. The predicted molar refractivity (Wildman–Crippen MR) is 150 cm³/mol. The van der Waals surface area contributed by atoms with Crippen molar-refractivity contribution < 1.29 is 14.3 Å². The minimum absolute atomic E-state index is 0.305. The normalized spacial score (nSPS) is 11.6. The lowest BCUT2D eigenvalue weighted by Crippen LogP contribution is -2.32. The van der Waals surface area contributed by atoms with Crippen LogP contribution in [0.4, 0.5) is 5.69 Å². The van der Waals surface area contributed by atoms with Gasteiger partial charge in [-0.1, -0.05) is 85.3 Å². The van der Waals surface area contributed by atoms with Crippen LogP contribution in [0.3, 0.4) is 0 Å². The molecule has 0 radical (unpaired) electrons. The Morgan fingerprint density at radius 2 is 1.34 bits per heavy atom. The second-order valence-electron chi connectivity index (χ2n) is 9.01. The topological polar surface area (TPSA) is 81.2 Å². The molecule has 0 bridgehead atoms. The zero-order chi connectivity index (χ0) is 26.5. The summed E-state index contributed by atoms with van der Waals surface area (Å²) in [5.74, 6) is -0.961. The standard InChI is InChI=1S/C32H27N3O3/c1-3-28(31(36)33-25-17-14-21(2)15-18-25)38-32(37)24-16-19-26-27(20-24)35-30(23-12-8-5-9-13-23)29(34-26)22-10-6-4-7-11-22/h4-20,28H,3H2,1-2H3,(H,33,36). The van der Waals surface area contributed by atoms with Gasteiger partial charge in [0.2, 0.25) is 0 Å². The molecule has 0 saturated heterocycles. The molecule has 1 heterocycles. The SMILES string of the molecule is CCC(OC(=O)c1ccc2nc(-c3ccccc3)c(-c3ccccc3)nc2c1)C(=O)Nc1ccc(C)cc1. The second kappa shape index (κ2) is 11.0. The number of carbonyl (C=O) groups excluding carboxylic acids is 2. The molecule has 6 nitrogen and oxygen atoms in total. The molecule has 5 aromatic rings. The lowest BCUT2D eigenvalue weighted by Gasteiger charge is -2.16. The highest BCUT2D eigenvalue weighted by atomic mass is 16.5. The second-order valence-corrected chi connectivity index (χ2v) is 9.01. The Labute approximate surface area is 221 Å². The fraction of sp³-hybridized carbons (Fsp3) is 0.125. The van der Waals surface area contributed by atoms with E-state index >= 15 is 0 Å². The number of ether oxygens (including phenoxy) is 1. The van der Waals surface area contributed by atoms with E-state index in [9.17, 15) is 9.59 Å². The number of nitrogens with zero attached hydrogens (tertiary/aromatic N) is 2. The number of aryl methyl sites for hydroxylation is 1. The molecule has 0 aliphatic rings. The van der Waals surface area contributed by atoms with E-state index in [4.69, 9.17) is 14.7 Å². The summed E-state index contributed by atoms with van der Waals surface area (Å²) in [4.78, 5) is 35.6. The number of hydrogen-bond donors (Lipinski definition) is 1. The third kappa shape index (κ3) is 5.44. The van der Waals surface area contributed by atoms with E-state index in [1.807, 2.05) is 91.9 Å². The molecular weight excluding hydrogens is 474 g/mol. The van der Waals surface area contributed by atoms with Crippen LogP contribution < -0.4 is 5.32 Å². The average molecular weight is 502 g/mol. The molecule has 0 aliphatic heterocycles.